The van der Waals surface area contributed by atoms with E-state index < -0.39 is 0 Å². The van der Waals surface area contributed by atoms with Crippen LogP contribution in [-0.4, -0.2) is 18.4 Å². The highest BCUT2D eigenvalue weighted by molar-refractivity contribution is 6.30. The van der Waals surface area contributed by atoms with Gasteiger partial charge < -0.3 is 10.6 Å². The maximum atomic E-state index is 11.9. The topological polar surface area (TPSA) is 58.2 Å². The van der Waals surface area contributed by atoms with Crippen LogP contribution in [-0.2, 0) is 16.0 Å². The van der Waals surface area contributed by atoms with Crippen LogP contribution in [0.25, 0.3) is 0 Å². The third kappa shape index (κ3) is 6.05. The van der Waals surface area contributed by atoms with E-state index in [1.54, 1.807) is 12.1 Å². The zero-order valence-corrected chi connectivity index (χ0v) is 14.3. The summed E-state index contributed by atoms with van der Waals surface area (Å²) in [6.45, 7) is 2.24. The highest BCUT2D eigenvalue weighted by Crippen LogP contribution is 2.15. The fraction of sp³-hybridized carbons (Fsp3) is 0.263. The lowest BCUT2D eigenvalue weighted by Crippen LogP contribution is -2.32. The molecule has 1 unspecified atom stereocenters. The molecule has 2 aromatic rings. The van der Waals surface area contributed by atoms with Crippen molar-refractivity contribution in [3.63, 3.8) is 0 Å². The molecule has 0 saturated carbocycles. The Bertz CT molecular complexity index is 672. The molecule has 2 aromatic carbocycles. The van der Waals surface area contributed by atoms with Gasteiger partial charge in [0.05, 0.1) is 12.5 Å². The first-order valence-electron chi connectivity index (χ1n) is 7.90. The number of rotatable bonds is 7. The molecule has 0 aromatic heterocycles. The fourth-order valence-electron chi connectivity index (χ4n) is 2.31. The number of hydrogen-bond acceptors (Lipinski definition) is 2. The number of benzene rings is 2. The Balaban J connectivity index is 1.69. The smallest absolute Gasteiger partial charge is 0.224 e. The summed E-state index contributed by atoms with van der Waals surface area (Å²) in [7, 11) is 0. The normalized spacial score (nSPS) is 11.6. The molecule has 1 atom stereocenters. The van der Waals surface area contributed by atoms with Gasteiger partial charge in [0, 0.05) is 18.0 Å². The molecule has 0 aliphatic rings. The van der Waals surface area contributed by atoms with E-state index >= 15 is 0 Å². The van der Waals surface area contributed by atoms with Crippen molar-refractivity contribution in [2.45, 2.75) is 25.8 Å². The molecule has 5 heteroatoms. The molecule has 2 rings (SSSR count). The minimum atomic E-state index is -0.102. The minimum absolute atomic E-state index is 0.0836. The van der Waals surface area contributed by atoms with Crippen LogP contribution in [0.3, 0.4) is 0 Å². The molecule has 0 heterocycles. The van der Waals surface area contributed by atoms with Crippen LogP contribution < -0.4 is 10.6 Å². The summed E-state index contributed by atoms with van der Waals surface area (Å²) in [5.74, 6) is -0.183. The second-order valence-electron chi connectivity index (χ2n) is 5.60. The average Bonchev–Trinajstić information content (AvgIpc) is 2.56. The van der Waals surface area contributed by atoms with Gasteiger partial charge >= 0.3 is 0 Å². The molecule has 0 fully saturated rings. The standard InChI is InChI=1S/C19H21ClN2O2/c1-14(16-7-9-17(20)10-8-16)22-18(23)11-12-21-19(24)13-15-5-3-2-4-6-15/h2-10,14H,11-13H2,1H3,(H,21,24)(H,22,23). The second kappa shape index (κ2) is 9.08. The highest BCUT2D eigenvalue weighted by atomic mass is 35.5. The molecule has 0 radical (unpaired) electrons. The molecule has 0 aliphatic carbocycles. The van der Waals surface area contributed by atoms with Gasteiger partial charge in [-0.3, -0.25) is 9.59 Å². The molecule has 2 N–H and O–H groups in total. The Morgan fingerprint density at radius 1 is 1.00 bits per heavy atom. The zero-order chi connectivity index (χ0) is 17.4. The van der Waals surface area contributed by atoms with Crippen molar-refractivity contribution in [2.75, 3.05) is 6.54 Å². The lowest BCUT2D eigenvalue weighted by Gasteiger charge is -2.14. The average molecular weight is 345 g/mol. The van der Waals surface area contributed by atoms with Gasteiger partial charge in [0.25, 0.3) is 0 Å². The molecule has 24 heavy (non-hydrogen) atoms. The largest absolute Gasteiger partial charge is 0.355 e. The van der Waals surface area contributed by atoms with Gasteiger partial charge in [-0.1, -0.05) is 54.1 Å². The first-order chi connectivity index (χ1) is 11.5. The summed E-state index contributed by atoms with van der Waals surface area (Å²) in [6, 6.07) is 16.8. The number of carbonyl (C=O) groups is 2. The fourth-order valence-corrected chi connectivity index (χ4v) is 2.43. The maximum Gasteiger partial charge on any atom is 0.224 e. The number of halogens is 1. The molecular weight excluding hydrogens is 324 g/mol. The predicted molar refractivity (Wildman–Crippen MR) is 95.8 cm³/mol. The van der Waals surface area contributed by atoms with Crippen LogP contribution in [0.1, 0.15) is 30.5 Å². The molecule has 0 spiro atoms. The van der Waals surface area contributed by atoms with Crippen molar-refractivity contribution in [3.8, 4) is 0 Å². The van der Waals surface area contributed by atoms with Gasteiger partial charge in [0.15, 0.2) is 0 Å². The minimum Gasteiger partial charge on any atom is -0.355 e. The summed E-state index contributed by atoms with van der Waals surface area (Å²) in [4.78, 5) is 23.8. The van der Waals surface area contributed by atoms with E-state index in [-0.39, 0.29) is 24.3 Å². The van der Waals surface area contributed by atoms with Crippen LogP contribution >= 0.6 is 11.6 Å². The van der Waals surface area contributed by atoms with E-state index in [0.717, 1.165) is 11.1 Å². The number of amides is 2. The summed E-state index contributed by atoms with van der Waals surface area (Å²) in [5, 5.41) is 6.34. The summed E-state index contributed by atoms with van der Waals surface area (Å²) >= 11 is 5.85. The molecule has 0 bridgehead atoms. The van der Waals surface area contributed by atoms with Crippen molar-refractivity contribution < 1.29 is 9.59 Å². The summed E-state index contributed by atoms with van der Waals surface area (Å²) in [6.07, 6.45) is 0.572. The molecule has 126 valence electrons. The lowest BCUT2D eigenvalue weighted by molar-refractivity contribution is -0.122. The molecule has 4 nitrogen and oxygen atoms in total. The van der Waals surface area contributed by atoms with E-state index in [0.29, 0.717) is 18.0 Å². The Kier molecular flexibility index (Phi) is 6.82. The number of nitrogens with one attached hydrogen (secondary N) is 2. The van der Waals surface area contributed by atoms with Crippen LogP contribution in [0.5, 0.6) is 0 Å². The van der Waals surface area contributed by atoms with Crippen molar-refractivity contribution in [1.82, 2.24) is 10.6 Å². The van der Waals surface area contributed by atoms with Crippen LogP contribution in [0, 0.1) is 0 Å². The highest BCUT2D eigenvalue weighted by Gasteiger charge is 2.10. The summed E-state index contributed by atoms with van der Waals surface area (Å²) < 4.78 is 0. The van der Waals surface area contributed by atoms with Crippen molar-refractivity contribution in [3.05, 3.63) is 70.7 Å². The molecular formula is C19H21ClN2O2. The van der Waals surface area contributed by atoms with E-state index in [9.17, 15) is 9.59 Å². The third-order valence-corrected chi connectivity index (χ3v) is 3.88. The van der Waals surface area contributed by atoms with Crippen LogP contribution in [0.4, 0.5) is 0 Å². The molecule has 0 saturated heterocycles. The number of carbonyl (C=O) groups excluding carboxylic acids is 2. The van der Waals surface area contributed by atoms with Gasteiger partial charge in [0.2, 0.25) is 11.8 Å². The maximum absolute atomic E-state index is 11.9. The quantitative estimate of drug-likeness (QED) is 0.810. The SMILES string of the molecule is CC(NC(=O)CCNC(=O)Cc1ccccc1)c1ccc(Cl)cc1. The molecule has 0 aliphatic heterocycles. The Labute approximate surface area is 147 Å². The third-order valence-electron chi connectivity index (χ3n) is 3.63. The van der Waals surface area contributed by atoms with Crippen LogP contribution in [0.2, 0.25) is 5.02 Å². The second-order valence-corrected chi connectivity index (χ2v) is 6.04. The Morgan fingerprint density at radius 3 is 2.33 bits per heavy atom. The number of hydrogen-bond donors (Lipinski definition) is 2. The Morgan fingerprint density at radius 2 is 1.67 bits per heavy atom. The predicted octanol–water partition coefficient (Wildman–Crippen LogP) is 3.27. The van der Waals surface area contributed by atoms with Gasteiger partial charge in [-0.2, -0.15) is 0 Å². The van der Waals surface area contributed by atoms with Crippen molar-refractivity contribution in [2.24, 2.45) is 0 Å². The monoisotopic (exact) mass is 344 g/mol. The zero-order valence-electron chi connectivity index (χ0n) is 13.6. The van der Waals surface area contributed by atoms with E-state index in [2.05, 4.69) is 10.6 Å². The van der Waals surface area contributed by atoms with E-state index in [4.69, 9.17) is 11.6 Å². The molecule has 2 amide bonds. The van der Waals surface area contributed by atoms with Gasteiger partial charge in [0.1, 0.15) is 0 Å². The van der Waals surface area contributed by atoms with Crippen LogP contribution in [0.15, 0.2) is 54.6 Å². The van der Waals surface area contributed by atoms with Gasteiger partial charge in [-0.15, -0.1) is 0 Å². The lowest BCUT2D eigenvalue weighted by atomic mass is 10.1. The van der Waals surface area contributed by atoms with E-state index in [1.165, 1.54) is 0 Å². The van der Waals surface area contributed by atoms with Gasteiger partial charge in [-0.25, -0.2) is 0 Å². The summed E-state index contributed by atoms with van der Waals surface area (Å²) in [5.41, 5.74) is 1.94. The first kappa shape index (κ1) is 18.0. The van der Waals surface area contributed by atoms with E-state index in [1.807, 2.05) is 49.4 Å². The van der Waals surface area contributed by atoms with Gasteiger partial charge in [-0.05, 0) is 30.2 Å². The van der Waals surface area contributed by atoms with Crippen molar-refractivity contribution in [1.29, 1.82) is 0 Å². The van der Waals surface area contributed by atoms with Crippen molar-refractivity contribution >= 4 is 23.4 Å². The first-order valence-corrected chi connectivity index (χ1v) is 8.28. The Hall–Kier alpha value is -2.33.